The molecule has 0 aromatic carbocycles. The molecule has 2 aliphatic rings. The highest BCUT2D eigenvalue weighted by Gasteiger charge is 2.30. The van der Waals surface area contributed by atoms with Crippen molar-refractivity contribution in [2.24, 2.45) is 0 Å². The van der Waals surface area contributed by atoms with E-state index >= 15 is 0 Å². The van der Waals surface area contributed by atoms with Gasteiger partial charge in [-0.3, -0.25) is 14.8 Å². The smallest absolute Gasteiger partial charge is 0.277 e. The van der Waals surface area contributed by atoms with Crippen molar-refractivity contribution in [2.45, 2.75) is 51.6 Å². The predicted octanol–water partition coefficient (Wildman–Crippen LogP) is 1.48. The number of fused-ring (bicyclic) bond motifs is 2. The van der Waals surface area contributed by atoms with Gasteiger partial charge in [-0.05, 0) is 26.7 Å². The number of aromatic amines is 1. The molecule has 2 aliphatic heterocycles. The first kappa shape index (κ1) is 20.3. The van der Waals surface area contributed by atoms with Crippen LogP contribution in [0.15, 0.2) is 23.5 Å². The number of nitrogens with zero attached hydrogens (tertiary/aromatic N) is 4. The third kappa shape index (κ3) is 3.78. The summed E-state index contributed by atoms with van der Waals surface area (Å²) in [4.78, 5) is 20.1. The fourth-order valence-electron chi connectivity index (χ4n) is 4.37. The van der Waals surface area contributed by atoms with E-state index in [1.54, 1.807) is 0 Å². The minimum atomic E-state index is -3.33. The van der Waals surface area contributed by atoms with E-state index in [0.717, 1.165) is 42.8 Å². The van der Waals surface area contributed by atoms with Crippen LogP contribution in [0.3, 0.4) is 0 Å². The van der Waals surface area contributed by atoms with Gasteiger partial charge in [0.1, 0.15) is 0 Å². The van der Waals surface area contributed by atoms with Crippen LogP contribution < -0.4 is 5.56 Å². The average molecular weight is 420 g/mol. The van der Waals surface area contributed by atoms with Crippen LogP contribution in [0.25, 0.3) is 5.65 Å². The standard InChI is InChI=1S/C20H29N5O3S/c1-4-10-29(27,28)24-8-5-6-15(12-24)18-11-19-21-17-7-9-23(14(2)3)13-16(17)20(26)25(19)22-18/h4,11,14-15,22H,1,5-10,12-13H2,2-3H3. The molecule has 29 heavy (non-hydrogen) atoms. The van der Waals surface area contributed by atoms with Crippen molar-refractivity contribution in [1.29, 1.82) is 0 Å². The summed E-state index contributed by atoms with van der Waals surface area (Å²) in [7, 11) is -3.33. The number of sulfonamides is 1. The third-order valence-electron chi connectivity index (χ3n) is 6.09. The SMILES string of the molecule is C=CCS(=O)(=O)N1CCCC(c2cc3nc4c(c(=O)n3[nH]2)CN(C(C)C)CC4)C1. The molecule has 1 unspecified atom stereocenters. The minimum absolute atomic E-state index is 0.0219. The summed E-state index contributed by atoms with van der Waals surface area (Å²) in [5, 5.41) is 3.21. The highest BCUT2D eigenvalue weighted by molar-refractivity contribution is 7.89. The molecule has 0 spiro atoms. The lowest BCUT2D eigenvalue weighted by Gasteiger charge is -2.31. The first-order chi connectivity index (χ1) is 13.8. The molecule has 1 fully saturated rings. The predicted molar refractivity (Wildman–Crippen MR) is 113 cm³/mol. The number of aromatic nitrogens is 3. The number of hydrogen-bond acceptors (Lipinski definition) is 5. The molecule has 8 nitrogen and oxygen atoms in total. The molecule has 0 aliphatic carbocycles. The molecule has 0 saturated carbocycles. The minimum Gasteiger partial charge on any atom is -0.296 e. The summed E-state index contributed by atoms with van der Waals surface area (Å²) in [6.45, 7) is 10.3. The van der Waals surface area contributed by atoms with E-state index in [0.29, 0.717) is 31.3 Å². The zero-order valence-corrected chi connectivity index (χ0v) is 17.9. The Kier molecular flexibility index (Phi) is 5.39. The zero-order chi connectivity index (χ0) is 20.8. The van der Waals surface area contributed by atoms with E-state index in [4.69, 9.17) is 4.98 Å². The summed E-state index contributed by atoms with van der Waals surface area (Å²) in [5.41, 5.74) is 3.09. The maximum absolute atomic E-state index is 13.1. The molecule has 1 N–H and O–H groups in total. The van der Waals surface area contributed by atoms with Gasteiger partial charge in [0.05, 0.1) is 17.0 Å². The summed E-state index contributed by atoms with van der Waals surface area (Å²) in [6.07, 6.45) is 3.87. The van der Waals surface area contributed by atoms with E-state index in [-0.39, 0.29) is 17.2 Å². The van der Waals surface area contributed by atoms with Crippen molar-refractivity contribution in [3.05, 3.63) is 46.0 Å². The normalized spacial score (nSPS) is 21.6. The third-order valence-corrected chi connectivity index (χ3v) is 7.86. The van der Waals surface area contributed by atoms with Crippen LogP contribution in [0, 0.1) is 0 Å². The van der Waals surface area contributed by atoms with E-state index in [1.807, 2.05) is 6.07 Å². The van der Waals surface area contributed by atoms with Gasteiger partial charge in [-0.1, -0.05) is 6.08 Å². The summed E-state index contributed by atoms with van der Waals surface area (Å²) in [5.74, 6) is -0.0272. The quantitative estimate of drug-likeness (QED) is 0.742. The second-order valence-corrected chi connectivity index (χ2v) is 10.3. The molecule has 0 amide bonds. The highest BCUT2D eigenvalue weighted by Crippen LogP contribution is 2.28. The molecule has 4 rings (SSSR count). The van der Waals surface area contributed by atoms with Gasteiger partial charge >= 0.3 is 0 Å². The van der Waals surface area contributed by atoms with Crippen LogP contribution in [-0.4, -0.2) is 63.6 Å². The lowest BCUT2D eigenvalue weighted by atomic mass is 9.96. The molecule has 158 valence electrons. The molecule has 2 aromatic rings. The number of rotatable bonds is 5. The Bertz CT molecular complexity index is 1090. The van der Waals surface area contributed by atoms with Crippen LogP contribution in [-0.2, 0) is 23.0 Å². The highest BCUT2D eigenvalue weighted by atomic mass is 32.2. The largest absolute Gasteiger partial charge is 0.296 e. The molecular formula is C20H29N5O3S. The molecule has 0 radical (unpaired) electrons. The molecule has 0 bridgehead atoms. The van der Waals surface area contributed by atoms with Crippen LogP contribution in [0.5, 0.6) is 0 Å². The van der Waals surface area contributed by atoms with Crippen LogP contribution in [0.2, 0.25) is 0 Å². The van der Waals surface area contributed by atoms with Gasteiger partial charge in [0.25, 0.3) is 5.56 Å². The average Bonchev–Trinajstić information content (AvgIpc) is 3.12. The van der Waals surface area contributed by atoms with Crippen molar-refractivity contribution in [3.63, 3.8) is 0 Å². The lowest BCUT2D eigenvalue weighted by molar-refractivity contribution is 0.200. The Morgan fingerprint density at radius 2 is 2.17 bits per heavy atom. The lowest BCUT2D eigenvalue weighted by Crippen LogP contribution is -2.40. The van der Waals surface area contributed by atoms with Crippen molar-refractivity contribution in [1.82, 2.24) is 23.8 Å². The maximum atomic E-state index is 13.1. The van der Waals surface area contributed by atoms with E-state index < -0.39 is 10.0 Å². The van der Waals surface area contributed by atoms with Gasteiger partial charge in [0.15, 0.2) is 5.65 Å². The van der Waals surface area contributed by atoms with Gasteiger partial charge in [0, 0.05) is 56.3 Å². The van der Waals surface area contributed by atoms with Crippen molar-refractivity contribution in [3.8, 4) is 0 Å². The molecular weight excluding hydrogens is 390 g/mol. The van der Waals surface area contributed by atoms with E-state index in [1.165, 1.54) is 14.9 Å². The molecule has 1 saturated heterocycles. The summed E-state index contributed by atoms with van der Waals surface area (Å²) < 4.78 is 27.9. The summed E-state index contributed by atoms with van der Waals surface area (Å²) in [6, 6.07) is 2.29. The van der Waals surface area contributed by atoms with Gasteiger partial charge in [-0.25, -0.2) is 22.2 Å². The zero-order valence-electron chi connectivity index (χ0n) is 17.1. The van der Waals surface area contributed by atoms with E-state index in [9.17, 15) is 13.2 Å². The molecule has 9 heteroatoms. The summed E-state index contributed by atoms with van der Waals surface area (Å²) >= 11 is 0. The Labute approximate surface area is 171 Å². The van der Waals surface area contributed by atoms with Gasteiger partial charge in [-0.2, -0.15) is 0 Å². The van der Waals surface area contributed by atoms with E-state index in [2.05, 4.69) is 30.4 Å². The van der Waals surface area contributed by atoms with Crippen LogP contribution >= 0.6 is 0 Å². The monoisotopic (exact) mass is 419 g/mol. The maximum Gasteiger partial charge on any atom is 0.277 e. The number of nitrogens with one attached hydrogen (secondary N) is 1. The Morgan fingerprint density at radius 1 is 1.38 bits per heavy atom. The van der Waals surface area contributed by atoms with Gasteiger partial charge < -0.3 is 0 Å². The second kappa shape index (κ2) is 7.70. The van der Waals surface area contributed by atoms with Crippen molar-refractivity contribution >= 4 is 15.7 Å². The fourth-order valence-corrected chi connectivity index (χ4v) is 5.70. The Morgan fingerprint density at radius 3 is 2.90 bits per heavy atom. The van der Waals surface area contributed by atoms with Crippen molar-refractivity contribution < 1.29 is 8.42 Å². The van der Waals surface area contributed by atoms with Gasteiger partial charge in [0.2, 0.25) is 10.0 Å². The Balaban J connectivity index is 1.65. The van der Waals surface area contributed by atoms with Crippen molar-refractivity contribution in [2.75, 3.05) is 25.4 Å². The fraction of sp³-hybridized carbons (Fsp3) is 0.600. The number of H-pyrrole nitrogens is 1. The van der Waals surface area contributed by atoms with Crippen LogP contribution in [0.1, 0.15) is 49.6 Å². The number of hydrogen-bond donors (Lipinski definition) is 1. The first-order valence-electron chi connectivity index (χ1n) is 10.3. The number of piperidine rings is 1. The Hall–Kier alpha value is -1.97. The molecule has 4 heterocycles. The van der Waals surface area contributed by atoms with Gasteiger partial charge in [-0.15, -0.1) is 6.58 Å². The molecule has 2 aromatic heterocycles. The topological polar surface area (TPSA) is 90.8 Å². The first-order valence-corrected chi connectivity index (χ1v) is 11.9. The molecule has 1 atom stereocenters. The van der Waals surface area contributed by atoms with Crippen LogP contribution in [0.4, 0.5) is 0 Å². The second-order valence-electron chi connectivity index (χ2n) is 8.33.